The molecule has 0 unspecified atom stereocenters. The standard InChI is InChI=1S/C24H41N5O/c1-2-25-24(27-17-8-4-10-20-30-22-11-5-3-6-12-22)28-21-14-18-29(19-15-21)23-13-7-9-16-26-23/h7,9,13,16,21-22H,2-6,8,10-12,14-15,17-20H2,1H3,(H2,25,27,28). The summed E-state index contributed by atoms with van der Waals surface area (Å²) in [4.78, 5) is 11.6. The van der Waals surface area contributed by atoms with Gasteiger partial charge in [0.25, 0.3) is 0 Å². The minimum atomic E-state index is 0.478. The van der Waals surface area contributed by atoms with Crippen molar-refractivity contribution >= 4 is 11.8 Å². The zero-order chi connectivity index (χ0) is 20.9. The summed E-state index contributed by atoms with van der Waals surface area (Å²) >= 11 is 0. The average molecular weight is 416 g/mol. The maximum Gasteiger partial charge on any atom is 0.191 e. The van der Waals surface area contributed by atoms with E-state index < -0.39 is 0 Å². The highest BCUT2D eigenvalue weighted by molar-refractivity contribution is 5.80. The fraction of sp³-hybridized carbons (Fsp3) is 0.750. The van der Waals surface area contributed by atoms with Crippen molar-refractivity contribution in [3.8, 4) is 0 Å². The first-order valence-corrected chi connectivity index (χ1v) is 12.2. The number of rotatable bonds is 10. The fourth-order valence-electron chi connectivity index (χ4n) is 4.37. The summed E-state index contributed by atoms with van der Waals surface area (Å²) in [5.74, 6) is 2.05. The highest BCUT2D eigenvalue weighted by Crippen LogP contribution is 2.20. The van der Waals surface area contributed by atoms with Crippen LogP contribution in [0.4, 0.5) is 5.82 Å². The maximum absolute atomic E-state index is 6.02. The smallest absolute Gasteiger partial charge is 0.191 e. The Morgan fingerprint density at radius 3 is 2.67 bits per heavy atom. The zero-order valence-electron chi connectivity index (χ0n) is 18.8. The van der Waals surface area contributed by atoms with Gasteiger partial charge in [-0.15, -0.1) is 0 Å². The van der Waals surface area contributed by atoms with Crippen molar-refractivity contribution in [1.29, 1.82) is 0 Å². The quantitative estimate of drug-likeness (QED) is 0.342. The molecule has 6 nitrogen and oxygen atoms in total. The van der Waals surface area contributed by atoms with Crippen LogP contribution in [-0.4, -0.2) is 55.9 Å². The highest BCUT2D eigenvalue weighted by atomic mass is 16.5. The molecule has 1 aliphatic heterocycles. The predicted molar refractivity (Wildman–Crippen MR) is 125 cm³/mol. The molecule has 0 spiro atoms. The number of anilines is 1. The molecule has 1 saturated carbocycles. The minimum Gasteiger partial charge on any atom is -0.378 e. The van der Waals surface area contributed by atoms with E-state index in [1.807, 2.05) is 12.3 Å². The van der Waals surface area contributed by atoms with Crippen LogP contribution < -0.4 is 15.5 Å². The summed E-state index contributed by atoms with van der Waals surface area (Å²) < 4.78 is 6.02. The van der Waals surface area contributed by atoms with Gasteiger partial charge in [-0.1, -0.05) is 25.3 Å². The molecular formula is C24H41N5O. The number of hydrogen-bond donors (Lipinski definition) is 2. The summed E-state index contributed by atoms with van der Waals surface area (Å²) in [6, 6.07) is 6.61. The second-order valence-electron chi connectivity index (χ2n) is 8.55. The number of nitrogens with zero attached hydrogens (tertiary/aromatic N) is 3. The van der Waals surface area contributed by atoms with E-state index in [4.69, 9.17) is 9.73 Å². The highest BCUT2D eigenvalue weighted by Gasteiger charge is 2.20. The number of aromatic nitrogens is 1. The number of pyridine rings is 1. The monoisotopic (exact) mass is 415 g/mol. The van der Waals surface area contributed by atoms with Crippen LogP contribution in [0.5, 0.6) is 0 Å². The van der Waals surface area contributed by atoms with Crippen molar-refractivity contribution < 1.29 is 4.74 Å². The molecule has 30 heavy (non-hydrogen) atoms. The summed E-state index contributed by atoms with van der Waals surface area (Å²) in [6.07, 6.45) is 14.7. The Bertz CT molecular complexity index is 595. The third kappa shape index (κ3) is 8.13. The molecule has 0 atom stereocenters. The van der Waals surface area contributed by atoms with Gasteiger partial charge in [0.1, 0.15) is 5.82 Å². The summed E-state index contributed by atoms with van der Waals surface area (Å²) in [5, 5.41) is 7.05. The molecule has 1 saturated heterocycles. The van der Waals surface area contributed by atoms with Gasteiger partial charge in [-0.25, -0.2) is 4.98 Å². The van der Waals surface area contributed by atoms with Crippen LogP contribution >= 0.6 is 0 Å². The molecule has 2 aliphatic rings. The molecule has 3 rings (SSSR count). The van der Waals surface area contributed by atoms with Gasteiger partial charge in [0.15, 0.2) is 5.96 Å². The summed E-state index contributed by atoms with van der Waals surface area (Å²) in [7, 11) is 0. The number of aliphatic imine (C=N–C) groups is 1. The van der Waals surface area contributed by atoms with Gasteiger partial charge < -0.3 is 20.3 Å². The molecule has 6 heteroatoms. The van der Waals surface area contributed by atoms with Crippen molar-refractivity contribution in [2.75, 3.05) is 37.7 Å². The van der Waals surface area contributed by atoms with E-state index in [9.17, 15) is 0 Å². The van der Waals surface area contributed by atoms with Crippen LogP contribution in [0.3, 0.4) is 0 Å². The Labute approximate surface area is 182 Å². The molecule has 0 radical (unpaired) electrons. The van der Waals surface area contributed by atoms with Crippen molar-refractivity contribution in [1.82, 2.24) is 15.6 Å². The number of piperidine rings is 1. The van der Waals surface area contributed by atoms with E-state index in [0.717, 1.165) is 70.2 Å². The molecule has 1 aromatic heterocycles. The predicted octanol–water partition coefficient (Wildman–Crippen LogP) is 4.13. The minimum absolute atomic E-state index is 0.478. The van der Waals surface area contributed by atoms with E-state index in [1.54, 1.807) is 0 Å². The second kappa shape index (κ2) is 13.5. The third-order valence-electron chi connectivity index (χ3n) is 6.13. The number of hydrogen-bond acceptors (Lipinski definition) is 4. The Morgan fingerprint density at radius 1 is 1.10 bits per heavy atom. The molecular weight excluding hydrogens is 374 g/mol. The van der Waals surface area contributed by atoms with E-state index in [2.05, 4.69) is 39.6 Å². The van der Waals surface area contributed by atoms with Crippen molar-refractivity contribution in [2.45, 2.75) is 83.3 Å². The lowest BCUT2D eigenvalue weighted by Gasteiger charge is -2.33. The van der Waals surface area contributed by atoms with Gasteiger partial charge in [0, 0.05) is 45.0 Å². The lowest BCUT2D eigenvalue weighted by Crippen LogP contribution is -2.49. The molecule has 1 aromatic rings. The summed E-state index contributed by atoms with van der Waals surface area (Å²) in [5.41, 5.74) is 0. The fourth-order valence-corrected chi connectivity index (χ4v) is 4.37. The van der Waals surface area contributed by atoms with E-state index in [1.165, 1.54) is 38.5 Å². The topological polar surface area (TPSA) is 61.8 Å². The molecule has 2 heterocycles. The van der Waals surface area contributed by atoms with Crippen LogP contribution in [0.15, 0.2) is 29.4 Å². The van der Waals surface area contributed by atoms with Gasteiger partial charge in [-0.05, 0) is 64.0 Å². The lowest BCUT2D eigenvalue weighted by molar-refractivity contribution is 0.0264. The van der Waals surface area contributed by atoms with E-state index in [-0.39, 0.29) is 0 Å². The second-order valence-corrected chi connectivity index (χ2v) is 8.55. The van der Waals surface area contributed by atoms with Crippen molar-refractivity contribution in [3.63, 3.8) is 0 Å². The number of ether oxygens (including phenoxy) is 1. The first-order valence-electron chi connectivity index (χ1n) is 12.2. The van der Waals surface area contributed by atoms with Crippen LogP contribution in [0.1, 0.15) is 71.1 Å². The van der Waals surface area contributed by atoms with Crippen LogP contribution in [0, 0.1) is 0 Å². The van der Waals surface area contributed by atoms with E-state index in [0.29, 0.717) is 12.1 Å². The molecule has 0 amide bonds. The van der Waals surface area contributed by atoms with Gasteiger partial charge >= 0.3 is 0 Å². The van der Waals surface area contributed by atoms with Crippen LogP contribution in [-0.2, 0) is 4.74 Å². The molecule has 0 bridgehead atoms. The average Bonchev–Trinajstić information content (AvgIpc) is 2.80. The Kier molecular flexibility index (Phi) is 10.3. The normalized spacial score (nSPS) is 19.1. The van der Waals surface area contributed by atoms with E-state index >= 15 is 0 Å². The number of nitrogens with one attached hydrogen (secondary N) is 2. The first-order chi connectivity index (χ1) is 14.8. The van der Waals surface area contributed by atoms with Gasteiger partial charge in [0.2, 0.25) is 0 Å². The van der Waals surface area contributed by atoms with Crippen LogP contribution in [0.25, 0.3) is 0 Å². The largest absolute Gasteiger partial charge is 0.378 e. The van der Waals surface area contributed by atoms with Gasteiger partial charge in [-0.2, -0.15) is 0 Å². The SMILES string of the molecule is CCNC(=NCCCCCOC1CCCCC1)NC1CCN(c2ccccn2)CC1. The van der Waals surface area contributed by atoms with Gasteiger partial charge in [0.05, 0.1) is 6.10 Å². The zero-order valence-corrected chi connectivity index (χ0v) is 18.8. The van der Waals surface area contributed by atoms with Crippen molar-refractivity contribution in [2.24, 2.45) is 4.99 Å². The van der Waals surface area contributed by atoms with Crippen molar-refractivity contribution in [3.05, 3.63) is 24.4 Å². The molecule has 2 fully saturated rings. The number of unbranched alkanes of at least 4 members (excludes halogenated alkanes) is 2. The maximum atomic E-state index is 6.02. The van der Waals surface area contributed by atoms with Gasteiger partial charge in [-0.3, -0.25) is 4.99 Å². The molecule has 0 aromatic carbocycles. The Balaban J connectivity index is 1.29. The molecule has 1 aliphatic carbocycles. The summed E-state index contributed by atoms with van der Waals surface area (Å²) in [6.45, 7) is 6.90. The third-order valence-corrected chi connectivity index (χ3v) is 6.13. The lowest BCUT2D eigenvalue weighted by atomic mass is 9.98. The first kappa shape index (κ1) is 22.9. The number of guanidine groups is 1. The Hall–Kier alpha value is -1.82. The Morgan fingerprint density at radius 2 is 1.93 bits per heavy atom. The van der Waals surface area contributed by atoms with Crippen LogP contribution in [0.2, 0.25) is 0 Å². The molecule has 168 valence electrons. The molecule has 2 N–H and O–H groups in total.